The van der Waals surface area contributed by atoms with Crippen molar-refractivity contribution >= 4 is 5.91 Å². The lowest BCUT2D eigenvalue weighted by molar-refractivity contribution is 0.0602. The van der Waals surface area contributed by atoms with Crippen molar-refractivity contribution in [2.45, 2.75) is 32.1 Å². The Bertz CT molecular complexity index is 927. The summed E-state index contributed by atoms with van der Waals surface area (Å²) in [6.45, 7) is 8.10. The molecule has 1 fully saturated rings. The van der Waals surface area contributed by atoms with Crippen molar-refractivity contribution in [3.05, 3.63) is 47.9 Å². The maximum absolute atomic E-state index is 12.4. The zero-order valence-corrected chi connectivity index (χ0v) is 19.5. The summed E-state index contributed by atoms with van der Waals surface area (Å²) < 4.78 is 16.1. The molecule has 7 heteroatoms. The van der Waals surface area contributed by atoms with Crippen LogP contribution in [0.3, 0.4) is 0 Å². The quantitative estimate of drug-likeness (QED) is 0.589. The smallest absolute Gasteiger partial charge is 0.289 e. The number of furan rings is 1. The van der Waals surface area contributed by atoms with Crippen LogP contribution in [0.15, 0.2) is 41.0 Å². The fourth-order valence-corrected chi connectivity index (χ4v) is 4.44. The molecule has 1 amide bonds. The summed E-state index contributed by atoms with van der Waals surface area (Å²) in [5, 5.41) is 10.2. The van der Waals surface area contributed by atoms with Gasteiger partial charge in [-0.1, -0.05) is 19.9 Å². The minimum atomic E-state index is -0.601. The molecule has 0 spiro atoms. The second-order valence-corrected chi connectivity index (χ2v) is 8.52. The number of amides is 1. The molecular formula is C25H33N3O4. The van der Waals surface area contributed by atoms with E-state index in [0.29, 0.717) is 30.3 Å². The Labute approximate surface area is 190 Å². The molecule has 32 heavy (non-hydrogen) atoms. The number of rotatable bonds is 9. The zero-order chi connectivity index (χ0) is 23.1. The van der Waals surface area contributed by atoms with E-state index in [9.17, 15) is 10.1 Å². The molecule has 1 aromatic heterocycles. The molecule has 0 bridgehead atoms. The maximum Gasteiger partial charge on any atom is 0.289 e. The third-order valence-corrected chi connectivity index (χ3v) is 6.52. The van der Waals surface area contributed by atoms with E-state index in [0.717, 1.165) is 38.0 Å². The Balaban J connectivity index is 1.60. The van der Waals surface area contributed by atoms with Gasteiger partial charge in [0.15, 0.2) is 17.3 Å². The molecule has 0 N–H and O–H groups in total. The SMILES string of the molecule is COc1ccc([C@](C#N)(CCCN2CCN(C(=O)c3ccco3)CC2)C(C)C)cc1OC. The lowest BCUT2D eigenvalue weighted by atomic mass is 9.69. The van der Waals surface area contributed by atoms with Crippen LogP contribution < -0.4 is 9.47 Å². The van der Waals surface area contributed by atoms with Crippen LogP contribution in [0.2, 0.25) is 0 Å². The average Bonchev–Trinajstić information content (AvgIpc) is 3.36. The van der Waals surface area contributed by atoms with Gasteiger partial charge in [0.05, 0.1) is 32.0 Å². The van der Waals surface area contributed by atoms with Gasteiger partial charge in [-0.3, -0.25) is 9.69 Å². The first-order valence-corrected chi connectivity index (χ1v) is 11.1. The molecule has 172 valence electrons. The summed E-state index contributed by atoms with van der Waals surface area (Å²) in [6, 6.07) is 11.8. The Morgan fingerprint density at radius 1 is 1.16 bits per heavy atom. The molecule has 0 aliphatic carbocycles. The monoisotopic (exact) mass is 439 g/mol. The van der Waals surface area contributed by atoms with Crippen molar-refractivity contribution in [3.8, 4) is 17.6 Å². The van der Waals surface area contributed by atoms with Crippen molar-refractivity contribution in [1.29, 1.82) is 5.26 Å². The Morgan fingerprint density at radius 3 is 2.44 bits per heavy atom. The van der Waals surface area contributed by atoms with Crippen molar-refractivity contribution in [2.75, 3.05) is 46.9 Å². The van der Waals surface area contributed by atoms with Gasteiger partial charge in [-0.2, -0.15) is 5.26 Å². The summed E-state index contributed by atoms with van der Waals surface area (Å²) in [4.78, 5) is 16.6. The van der Waals surface area contributed by atoms with Crippen molar-refractivity contribution < 1.29 is 18.7 Å². The minimum Gasteiger partial charge on any atom is -0.493 e. The van der Waals surface area contributed by atoms with Gasteiger partial charge < -0.3 is 18.8 Å². The fourth-order valence-electron chi connectivity index (χ4n) is 4.44. The van der Waals surface area contributed by atoms with Gasteiger partial charge in [-0.15, -0.1) is 0 Å². The molecule has 3 rings (SSSR count). The molecule has 0 saturated carbocycles. The second kappa shape index (κ2) is 10.6. The minimum absolute atomic E-state index is 0.0496. The number of ether oxygens (including phenoxy) is 2. The van der Waals surface area contributed by atoms with Gasteiger partial charge in [0.25, 0.3) is 5.91 Å². The van der Waals surface area contributed by atoms with Gasteiger partial charge in [-0.05, 0) is 55.1 Å². The molecule has 1 aromatic carbocycles. The third kappa shape index (κ3) is 4.91. The van der Waals surface area contributed by atoms with Crippen molar-refractivity contribution in [1.82, 2.24) is 9.80 Å². The summed E-state index contributed by atoms with van der Waals surface area (Å²) in [6.07, 6.45) is 3.17. The highest BCUT2D eigenvalue weighted by molar-refractivity contribution is 5.91. The molecule has 7 nitrogen and oxygen atoms in total. The molecule has 1 aliphatic rings. The summed E-state index contributed by atoms with van der Waals surface area (Å²) in [5.41, 5.74) is 0.359. The maximum atomic E-state index is 12.4. The highest BCUT2D eigenvalue weighted by Crippen LogP contribution is 2.40. The topological polar surface area (TPSA) is 78.9 Å². The average molecular weight is 440 g/mol. The van der Waals surface area contributed by atoms with Gasteiger partial charge in [0.2, 0.25) is 0 Å². The number of carbonyl (C=O) groups is 1. The Kier molecular flexibility index (Phi) is 7.81. The molecule has 1 atom stereocenters. The van der Waals surface area contributed by atoms with E-state index in [1.54, 1.807) is 26.4 Å². The van der Waals surface area contributed by atoms with E-state index in [-0.39, 0.29) is 11.8 Å². The standard InChI is InChI=1S/C25H33N3O4/c1-19(2)25(18-26,20-8-9-21(30-3)23(17-20)31-4)10-6-11-27-12-14-28(15-13-27)24(29)22-7-5-16-32-22/h5,7-9,16-17,19H,6,10-15H2,1-4H3/t25-/m0/s1. The zero-order valence-electron chi connectivity index (χ0n) is 19.5. The summed E-state index contributed by atoms with van der Waals surface area (Å²) >= 11 is 0. The van der Waals surface area contributed by atoms with Gasteiger partial charge >= 0.3 is 0 Å². The van der Waals surface area contributed by atoms with E-state index < -0.39 is 5.41 Å². The number of methoxy groups -OCH3 is 2. The van der Waals surface area contributed by atoms with Crippen LogP contribution in [0.5, 0.6) is 11.5 Å². The summed E-state index contributed by atoms with van der Waals surface area (Å²) in [5.74, 6) is 1.79. The predicted molar refractivity (Wildman–Crippen MR) is 122 cm³/mol. The molecule has 0 radical (unpaired) electrons. The number of piperazine rings is 1. The highest BCUT2D eigenvalue weighted by Gasteiger charge is 2.36. The van der Waals surface area contributed by atoms with Crippen LogP contribution in [0.25, 0.3) is 0 Å². The number of benzene rings is 1. The lowest BCUT2D eigenvalue weighted by Crippen LogP contribution is -2.49. The largest absolute Gasteiger partial charge is 0.493 e. The van der Waals surface area contributed by atoms with E-state index >= 15 is 0 Å². The Hall–Kier alpha value is -2.98. The van der Waals surface area contributed by atoms with E-state index in [1.165, 1.54) is 6.26 Å². The number of hydrogen-bond donors (Lipinski definition) is 0. The predicted octanol–water partition coefficient (Wildman–Crippen LogP) is 3.95. The van der Waals surface area contributed by atoms with Crippen LogP contribution in [-0.4, -0.2) is 62.7 Å². The molecular weight excluding hydrogens is 406 g/mol. The Morgan fingerprint density at radius 2 is 1.88 bits per heavy atom. The van der Waals surface area contributed by atoms with Crippen LogP contribution in [0, 0.1) is 17.2 Å². The van der Waals surface area contributed by atoms with Gasteiger partial charge in [0, 0.05) is 26.2 Å². The number of nitrogens with zero attached hydrogens (tertiary/aromatic N) is 3. The molecule has 0 unspecified atom stereocenters. The summed E-state index contributed by atoms with van der Waals surface area (Å²) in [7, 11) is 3.22. The molecule has 1 saturated heterocycles. The van der Waals surface area contributed by atoms with Crippen molar-refractivity contribution in [3.63, 3.8) is 0 Å². The first-order valence-electron chi connectivity index (χ1n) is 11.1. The second-order valence-electron chi connectivity index (χ2n) is 8.52. The first kappa shape index (κ1) is 23.7. The van der Waals surface area contributed by atoms with Crippen LogP contribution in [0.4, 0.5) is 0 Å². The molecule has 2 aromatic rings. The van der Waals surface area contributed by atoms with Crippen molar-refractivity contribution in [2.24, 2.45) is 5.92 Å². The van der Waals surface area contributed by atoms with E-state index in [2.05, 4.69) is 24.8 Å². The van der Waals surface area contributed by atoms with Crippen LogP contribution in [-0.2, 0) is 5.41 Å². The van der Waals surface area contributed by atoms with Crippen LogP contribution >= 0.6 is 0 Å². The first-order chi connectivity index (χ1) is 15.4. The highest BCUT2D eigenvalue weighted by atomic mass is 16.5. The number of nitriles is 1. The normalized spacial score (nSPS) is 16.4. The van der Waals surface area contributed by atoms with E-state index in [1.807, 2.05) is 23.1 Å². The van der Waals surface area contributed by atoms with Gasteiger partial charge in [0.1, 0.15) is 0 Å². The van der Waals surface area contributed by atoms with Crippen LogP contribution in [0.1, 0.15) is 42.8 Å². The number of carbonyl (C=O) groups excluding carboxylic acids is 1. The lowest BCUT2D eigenvalue weighted by Gasteiger charge is -2.36. The van der Waals surface area contributed by atoms with E-state index in [4.69, 9.17) is 13.9 Å². The van der Waals surface area contributed by atoms with Gasteiger partial charge in [-0.25, -0.2) is 0 Å². The number of hydrogen-bond acceptors (Lipinski definition) is 6. The third-order valence-electron chi connectivity index (χ3n) is 6.52. The molecule has 1 aliphatic heterocycles. The fraction of sp³-hybridized carbons (Fsp3) is 0.520. The molecule has 2 heterocycles.